The lowest BCUT2D eigenvalue weighted by Gasteiger charge is -2.57. The van der Waals surface area contributed by atoms with Gasteiger partial charge < -0.3 is 9.94 Å². The lowest BCUT2D eigenvalue weighted by molar-refractivity contribution is -0.245. The molecule has 0 heterocycles. The molecule has 4 saturated carbocycles. The van der Waals surface area contributed by atoms with Crippen molar-refractivity contribution in [2.24, 2.45) is 17.8 Å². The Hall–Kier alpha value is -2.05. The van der Waals surface area contributed by atoms with E-state index in [1.807, 2.05) is 12.1 Å². The van der Waals surface area contributed by atoms with Gasteiger partial charge in [0.25, 0.3) is 0 Å². The highest BCUT2D eigenvalue weighted by atomic mass is 19.4. The fourth-order valence-electron chi connectivity index (χ4n) is 6.81. The molecule has 2 aromatic rings. The van der Waals surface area contributed by atoms with Gasteiger partial charge in [0.2, 0.25) is 0 Å². The van der Waals surface area contributed by atoms with Gasteiger partial charge in [0, 0.05) is 7.05 Å². The maximum absolute atomic E-state index is 13.2. The SMILES string of the molecule is CN(O)C(c1ccc(Oc2ccc(C34CC5CC(CC(C5)C3)C4)cc2)cc1)C(F)(F)F. The molecule has 0 amide bonds. The minimum Gasteiger partial charge on any atom is -0.457 e. The van der Waals surface area contributed by atoms with Crippen LogP contribution in [0.4, 0.5) is 13.2 Å². The molecule has 0 radical (unpaired) electrons. The average Bonchev–Trinajstić information content (AvgIpc) is 2.67. The summed E-state index contributed by atoms with van der Waals surface area (Å²) >= 11 is 0. The second kappa shape index (κ2) is 7.52. The molecule has 0 aromatic heterocycles. The van der Waals surface area contributed by atoms with Crippen molar-refractivity contribution in [1.82, 2.24) is 5.06 Å². The van der Waals surface area contributed by atoms with Gasteiger partial charge in [0.1, 0.15) is 11.5 Å². The Bertz CT molecular complexity index is 886. The predicted octanol–water partition coefficient (Wildman–Crippen LogP) is 6.87. The number of nitrogens with zero attached hydrogens (tertiary/aromatic N) is 1. The summed E-state index contributed by atoms with van der Waals surface area (Å²) in [5.41, 5.74) is 1.70. The zero-order valence-corrected chi connectivity index (χ0v) is 17.6. The van der Waals surface area contributed by atoms with Gasteiger partial charge in [-0.25, -0.2) is 0 Å². The average molecular weight is 431 g/mol. The van der Waals surface area contributed by atoms with Crippen molar-refractivity contribution in [2.45, 2.75) is 56.2 Å². The largest absolute Gasteiger partial charge is 0.457 e. The molecule has 4 aliphatic carbocycles. The zero-order valence-electron chi connectivity index (χ0n) is 17.6. The summed E-state index contributed by atoms with van der Waals surface area (Å²) in [6.07, 6.45) is 3.59. The van der Waals surface area contributed by atoms with Gasteiger partial charge in [-0.3, -0.25) is 0 Å². The number of hydrogen-bond acceptors (Lipinski definition) is 3. The summed E-state index contributed by atoms with van der Waals surface area (Å²) in [7, 11) is 0.994. The molecule has 166 valence electrons. The normalized spacial score (nSPS) is 30.6. The van der Waals surface area contributed by atoms with Crippen molar-refractivity contribution in [3.63, 3.8) is 0 Å². The van der Waals surface area contributed by atoms with Gasteiger partial charge in [0.05, 0.1) is 0 Å². The van der Waals surface area contributed by atoms with Crippen LogP contribution >= 0.6 is 0 Å². The van der Waals surface area contributed by atoms with E-state index in [2.05, 4.69) is 12.1 Å². The first-order valence-corrected chi connectivity index (χ1v) is 11.1. The molecule has 4 aliphatic rings. The second-order valence-corrected chi connectivity index (χ2v) is 9.91. The van der Waals surface area contributed by atoms with E-state index in [-0.39, 0.29) is 10.6 Å². The molecular formula is C25H28F3NO2. The van der Waals surface area contributed by atoms with Crippen molar-refractivity contribution in [3.05, 3.63) is 59.7 Å². The van der Waals surface area contributed by atoms with Crippen LogP contribution in [0.3, 0.4) is 0 Å². The van der Waals surface area contributed by atoms with Crippen molar-refractivity contribution in [3.8, 4) is 11.5 Å². The van der Waals surface area contributed by atoms with Crippen LogP contribution in [0.15, 0.2) is 48.5 Å². The summed E-state index contributed by atoms with van der Waals surface area (Å²) in [6.45, 7) is 0. The molecule has 6 heteroatoms. The van der Waals surface area contributed by atoms with Crippen LogP contribution in [0.25, 0.3) is 0 Å². The van der Waals surface area contributed by atoms with E-state index in [0.717, 1.165) is 24.8 Å². The second-order valence-electron chi connectivity index (χ2n) is 9.91. The topological polar surface area (TPSA) is 32.7 Å². The molecule has 3 nitrogen and oxygen atoms in total. The third kappa shape index (κ3) is 3.96. The van der Waals surface area contributed by atoms with Crippen LogP contribution in [-0.2, 0) is 5.41 Å². The third-order valence-corrected chi connectivity index (χ3v) is 7.62. The Kier molecular flexibility index (Phi) is 5.05. The van der Waals surface area contributed by atoms with E-state index in [9.17, 15) is 18.4 Å². The number of alkyl halides is 3. The number of rotatable bonds is 5. The van der Waals surface area contributed by atoms with Crippen LogP contribution in [0.2, 0.25) is 0 Å². The van der Waals surface area contributed by atoms with Gasteiger partial charge in [-0.2, -0.15) is 18.2 Å². The molecule has 4 bridgehead atoms. The lowest BCUT2D eigenvalue weighted by Crippen LogP contribution is -2.48. The number of benzene rings is 2. The Morgan fingerprint density at radius 1 is 0.871 bits per heavy atom. The summed E-state index contributed by atoms with van der Waals surface area (Å²) in [4.78, 5) is 0. The van der Waals surface area contributed by atoms with Gasteiger partial charge in [-0.15, -0.1) is 0 Å². The monoisotopic (exact) mass is 431 g/mol. The highest BCUT2D eigenvalue weighted by Crippen LogP contribution is 2.60. The van der Waals surface area contributed by atoms with Crippen molar-refractivity contribution < 1.29 is 23.1 Å². The number of hydrogen-bond donors (Lipinski definition) is 1. The molecule has 0 saturated heterocycles. The standard InChI is InChI=1S/C25H28F3NO2/c1-29(30)23(25(26,27)28)19-2-6-21(7-3-19)31-22-8-4-20(5-9-22)24-13-16-10-17(14-24)12-18(11-16)15-24/h2-9,16-18,23,30H,10-15H2,1H3. The maximum Gasteiger partial charge on any atom is 0.410 e. The Balaban J connectivity index is 1.29. The number of ether oxygens (including phenoxy) is 1. The predicted molar refractivity (Wildman–Crippen MR) is 111 cm³/mol. The highest BCUT2D eigenvalue weighted by molar-refractivity contribution is 5.38. The number of halogens is 3. The minimum atomic E-state index is -4.57. The van der Waals surface area contributed by atoms with Crippen LogP contribution in [0, 0.1) is 17.8 Å². The molecule has 0 spiro atoms. The Morgan fingerprint density at radius 3 is 1.74 bits per heavy atom. The van der Waals surface area contributed by atoms with E-state index >= 15 is 0 Å². The van der Waals surface area contributed by atoms with E-state index in [0.29, 0.717) is 16.9 Å². The quantitative estimate of drug-likeness (QED) is 0.524. The van der Waals surface area contributed by atoms with E-state index < -0.39 is 12.2 Å². The molecule has 4 fully saturated rings. The first kappa shape index (κ1) is 20.8. The fourth-order valence-corrected chi connectivity index (χ4v) is 6.81. The third-order valence-electron chi connectivity index (χ3n) is 7.62. The van der Waals surface area contributed by atoms with E-state index in [4.69, 9.17) is 4.74 Å². The van der Waals surface area contributed by atoms with Crippen molar-refractivity contribution in [2.75, 3.05) is 7.05 Å². The smallest absolute Gasteiger partial charge is 0.410 e. The fraction of sp³-hybridized carbons (Fsp3) is 0.520. The molecule has 0 aliphatic heterocycles. The lowest BCUT2D eigenvalue weighted by atomic mass is 9.48. The highest BCUT2D eigenvalue weighted by Gasteiger charge is 2.51. The summed E-state index contributed by atoms with van der Waals surface area (Å²) < 4.78 is 45.4. The Labute approximate surface area is 180 Å². The molecule has 1 atom stereocenters. The molecule has 1 unspecified atom stereocenters. The van der Waals surface area contributed by atoms with Crippen LogP contribution in [0.5, 0.6) is 11.5 Å². The van der Waals surface area contributed by atoms with Crippen molar-refractivity contribution >= 4 is 0 Å². The summed E-state index contributed by atoms with van der Waals surface area (Å²) in [5, 5.41) is 9.58. The van der Waals surface area contributed by atoms with Gasteiger partial charge in [-0.05, 0) is 97.1 Å². The van der Waals surface area contributed by atoms with Crippen LogP contribution < -0.4 is 4.74 Å². The first-order chi connectivity index (χ1) is 14.7. The van der Waals surface area contributed by atoms with Gasteiger partial charge in [0.15, 0.2) is 6.04 Å². The molecule has 2 aromatic carbocycles. The van der Waals surface area contributed by atoms with E-state index in [1.165, 1.54) is 68.4 Å². The minimum absolute atomic E-state index is 0.0398. The maximum atomic E-state index is 13.2. The van der Waals surface area contributed by atoms with Crippen molar-refractivity contribution in [1.29, 1.82) is 0 Å². The summed E-state index contributed by atoms with van der Waals surface area (Å²) in [5.74, 6) is 3.80. The van der Waals surface area contributed by atoms with Crippen LogP contribution in [-0.4, -0.2) is 23.5 Å². The number of hydroxylamine groups is 2. The molecular weight excluding hydrogens is 403 g/mol. The molecule has 6 rings (SSSR count). The van der Waals surface area contributed by atoms with E-state index in [1.54, 1.807) is 0 Å². The molecule has 31 heavy (non-hydrogen) atoms. The van der Waals surface area contributed by atoms with Gasteiger partial charge in [-0.1, -0.05) is 24.3 Å². The molecule has 1 N–H and O–H groups in total. The van der Waals surface area contributed by atoms with Gasteiger partial charge >= 0.3 is 6.18 Å². The Morgan fingerprint density at radius 2 is 1.32 bits per heavy atom. The zero-order chi connectivity index (χ0) is 21.8. The summed E-state index contributed by atoms with van der Waals surface area (Å²) in [6, 6.07) is 11.9. The van der Waals surface area contributed by atoms with Crippen LogP contribution in [0.1, 0.15) is 55.7 Å². The first-order valence-electron chi connectivity index (χ1n) is 11.1.